The SMILES string of the molecule is CCc1cccc(CC)c1N1C(=O)C2C(c3cc(Cl)cc(Cl)c3Cl)NC(C)(C(=O)O)C2C1=O. The maximum absolute atomic E-state index is 13.9. The number of amides is 2. The van der Waals surface area contributed by atoms with Gasteiger partial charge in [0.25, 0.3) is 0 Å². The highest BCUT2D eigenvalue weighted by Crippen LogP contribution is 2.52. The summed E-state index contributed by atoms with van der Waals surface area (Å²) in [5.41, 5.74) is 0.940. The Labute approximate surface area is 206 Å². The lowest BCUT2D eigenvalue weighted by Gasteiger charge is -2.29. The van der Waals surface area contributed by atoms with Crippen LogP contribution in [0.1, 0.15) is 43.5 Å². The largest absolute Gasteiger partial charge is 0.480 e. The number of halogens is 3. The molecule has 2 aliphatic heterocycles. The van der Waals surface area contributed by atoms with Gasteiger partial charge >= 0.3 is 5.97 Å². The fraction of sp³-hybridized carbons (Fsp3) is 0.375. The second-order valence-electron chi connectivity index (χ2n) is 8.57. The number of nitrogens with zero attached hydrogens (tertiary/aromatic N) is 1. The molecule has 6 nitrogen and oxygen atoms in total. The molecule has 2 fully saturated rings. The first kappa shape index (κ1) is 24.0. The molecule has 33 heavy (non-hydrogen) atoms. The minimum Gasteiger partial charge on any atom is -0.480 e. The van der Waals surface area contributed by atoms with Crippen molar-refractivity contribution in [2.45, 2.75) is 45.2 Å². The number of hydrogen-bond donors (Lipinski definition) is 2. The van der Waals surface area contributed by atoms with Crippen LogP contribution in [0.15, 0.2) is 30.3 Å². The highest BCUT2D eigenvalue weighted by molar-refractivity contribution is 6.43. The molecule has 2 N–H and O–H groups in total. The third-order valence-electron chi connectivity index (χ3n) is 6.78. The molecule has 2 amide bonds. The van der Waals surface area contributed by atoms with Crippen LogP contribution < -0.4 is 10.2 Å². The van der Waals surface area contributed by atoms with Crippen LogP contribution in [0.25, 0.3) is 0 Å². The fourth-order valence-corrected chi connectivity index (χ4v) is 5.86. The third-order valence-corrected chi connectivity index (χ3v) is 7.81. The lowest BCUT2D eigenvalue weighted by Crippen LogP contribution is -2.53. The van der Waals surface area contributed by atoms with E-state index in [1.54, 1.807) is 6.07 Å². The molecule has 0 aliphatic carbocycles. The molecule has 2 heterocycles. The van der Waals surface area contributed by atoms with Crippen LogP contribution in [0.4, 0.5) is 5.69 Å². The number of nitrogens with one attached hydrogen (secondary N) is 1. The number of carbonyl (C=O) groups excluding carboxylic acids is 2. The molecule has 9 heteroatoms. The van der Waals surface area contributed by atoms with Crippen molar-refractivity contribution in [2.75, 3.05) is 4.90 Å². The number of hydrogen-bond acceptors (Lipinski definition) is 4. The second kappa shape index (κ2) is 8.58. The maximum Gasteiger partial charge on any atom is 0.324 e. The first-order chi connectivity index (χ1) is 15.6. The molecule has 2 aromatic rings. The van der Waals surface area contributed by atoms with Gasteiger partial charge in [-0.15, -0.1) is 0 Å². The Morgan fingerprint density at radius 3 is 2.24 bits per heavy atom. The van der Waals surface area contributed by atoms with E-state index in [4.69, 9.17) is 34.8 Å². The predicted octanol–water partition coefficient (Wildman–Crippen LogP) is 5.07. The van der Waals surface area contributed by atoms with Crippen LogP contribution in [0.5, 0.6) is 0 Å². The molecule has 4 unspecified atom stereocenters. The normalized spacial score (nSPS) is 26.7. The Hall–Kier alpha value is -2.12. The van der Waals surface area contributed by atoms with E-state index in [0.29, 0.717) is 29.1 Å². The first-order valence-corrected chi connectivity index (χ1v) is 11.8. The zero-order valence-corrected chi connectivity index (χ0v) is 20.6. The van der Waals surface area contributed by atoms with Gasteiger partial charge in [-0.1, -0.05) is 66.8 Å². The van der Waals surface area contributed by atoms with Crippen molar-refractivity contribution in [1.82, 2.24) is 5.32 Å². The summed E-state index contributed by atoms with van der Waals surface area (Å²) in [6.07, 6.45) is 1.23. The van der Waals surface area contributed by atoms with Crippen molar-refractivity contribution < 1.29 is 19.5 Å². The minimum atomic E-state index is -1.69. The molecule has 174 valence electrons. The van der Waals surface area contributed by atoms with Crippen LogP contribution >= 0.6 is 34.8 Å². The number of para-hydroxylation sites is 1. The van der Waals surface area contributed by atoms with Crippen molar-refractivity contribution in [3.8, 4) is 0 Å². The van der Waals surface area contributed by atoms with Crippen LogP contribution in [0.2, 0.25) is 15.1 Å². The second-order valence-corrected chi connectivity index (χ2v) is 9.79. The van der Waals surface area contributed by atoms with Crippen LogP contribution in [0.3, 0.4) is 0 Å². The smallest absolute Gasteiger partial charge is 0.324 e. The summed E-state index contributed by atoms with van der Waals surface area (Å²) < 4.78 is 0. The van der Waals surface area contributed by atoms with E-state index in [0.717, 1.165) is 11.1 Å². The maximum atomic E-state index is 13.9. The van der Waals surface area contributed by atoms with Crippen LogP contribution in [-0.2, 0) is 27.2 Å². The number of benzene rings is 2. The molecule has 0 bridgehead atoms. The first-order valence-electron chi connectivity index (χ1n) is 10.7. The van der Waals surface area contributed by atoms with Gasteiger partial charge in [-0.2, -0.15) is 0 Å². The van der Waals surface area contributed by atoms with Crippen molar-refractivity contribution in [3.63, 3.8) is 0 Å². The number of anilines is 1. The van der Waals surface area contributed by atoms with Crippen molar-refractivity contribution in [3.05, 3.63) is 62.1 Å². The Morgan fingerprint density at radius 2 is 1.70 bits per heavy atom. The van der Waals surface area contributed by atoms with E-state index in [1.165, 1.54) is 17.9 Å². The number of imide groups is 1. The number of carbonyl (C=O) groups is 3. The van der Waals surface area contributed by atoms with E-state index < -0.39 is 41.2 Å². The zero-order valence-electron chi connectivity index (χ0n) is 18.3. The van der Waals surface area contributed by atoms with Gasteiger partial charge in [0.1, 0.15) is 5.54 Å². The molecule has 4 atom stereocenters. The summed E-state index contributed by atoms with van der Waals surface area (Å²) in [7, 11) is 0. The Bertz CT molecular complexity index is 1160. The van der Waals surface area contributed by atoms with Crippen molar-refractivity contribution >= 4 is 58.3 Å². The molecular formula is C24H23Cl3N2O4. The summed E-state index contributed by atoms with van der Waals surface area (Å²) in [4.78, 5) is 41.2. The van der Waals surface area contributed by atoms with E-state index in [-0.39, 0.29) is 10.0 Å². The number of rotatable bonds is 5. The zero-order chi connectivity index (χ0) is 24.2. The number of carboxylic acids is 1. The standard InChI is InChI=1S/C24H23Cl3N2O4/c1-4-11-7-6-8-12(5-2)20(11)29-21(30)16-17(22(29)31)24(3,23(32)33)28-19(16)14-9-13(25)10-15(26)18(14)27/h6-10,16-17,19,28H,4-5H2,1-3H3,(H,32,33). The molecule has 0 saturated carbocycles. The number of carboxylic acid groups (broad SMARTS) is 1. The number of fused-ring (bicyclic) bond motifs is 1. The van der Waals surface area contributed by atoms with E-state index in [1.807, 2.05) is 32.0 Å². The third kappa shape index (κ3) is 3.55. The Morgan fingerprint density at radius 1 is 1.09 bits per heavy atom. The van der Waals surface area contributed by atoms with Gasteiger partial charge < -0.3 is 5.11 Å². The molecule has 2 saturated heterocycles. The van der Waals surface area contributed by atoms with Gasteiger partial charge in [-0.25, -0.2) is 4.90 Å². The predicted molar refractivity (Wildman–Crippen MR) is 128 cm³/mol. The van der Waals surface area contributed by atoms with Crippen molar-refractivity contribution in [2.24, 2.45) is 11.8 Å². The molecule has 0 spiro atoms. The van der Waals surface area contributed by atoms with Gasteiger partial charge in [-0.3, -0.25) is 19.7 Å². The summed E-state index contributed by atoms with van der Waals surface area (Å²) in [5, 5.41) is 13.7. The average Bonchev–Trinajstić information content (AvgIpc) is 3.23. The summed E-state index contributed by atoms with van der Waals surface area (Å²) in [5.74, 6) is -4.34. The highest BCUT2D eigenvalue weighted by Gasteiger charge is 2.67. The lowest BCUT2D eigenvalue weighted by molar-refractivity contribution is -0.147. The van der Waals surface area contributed by atoms with Gasteiger partial charge in [0.15, 0.2) is 0 Å². The fourth-order valence-electron chi connectivity index (χ4n) is 5.13. The topological polar surface area (TPSA) is 86.7 Å². The van der Waals surface area contributed by atoms with E-state index in [2.05, 4.69) is 5.32 Å². The molecular weight excluding hydrogens is 487 g/mol. The monoisotopic (exact) mass is 508 g/mol. The van der Waals surface area contributed by atoms with E-state index in [9.17, 15) is 19.5 Å². The van der Waals surface area contributed by atoms with E-state index >= 15 is 0 Å². The molecule has 0 radical (unpaired) electrons. The van der Waals surface area contributed by atoms with Crippen LogP contribution in [0, 0.1) is 11.8 Å². The summed E-state index contributed by atoms with van der Waals surface area (Å²) >= 11 is 18.9. The molecule has 4 rings (SSSR count). The highest BCUT2D eigenvalue weighted by atomic mass is 35.5. The molecule has 2 aliphatic rings. The average molecular weight is 510 g/mol. The molecule has 0 aromatic heterocycles. The lowest BCUT2D eigenvalue weighted by atomic mass is 9.80. The van der Waals surface area contributed by atoms with Gasteiger partial charge in [0.05, 0.1) is 27.6 Å². The minimum absolute atomic E-state index is 0.161. The molecule has 2 aromatic carbocycles. The quantitative estimate of drug-likeness (QED) is 0.434. The van der Waals surface area contributed by atoms with Gasteiger partial charge in [-0.05, 0) is 48.6 Å². The Balaban J connectivity index is 1.92. The van der Waals surface area contributed by atoms with Gasteiger partial charge in [0.2, 0.25) is 11.8 Å². The Kier molecular flexibility index (Phi) is 6.25. The summed E-state index contributed by atoms with van der Waals surface area (Å²) in [6, 6.07) is 7.81. The summed E-state index contributed by atoms with van der Waals surface area (Å²) in [6.45, 7) is 5.32. The van der Waals surface area contributed by atoms with Crippen LogP contribution in [-0.4, -0.2) is 28.4 Å². The van der Waals surface area contributed by atoms with Gasteiger partial charge in [0, 0.05) is 11.1 Å². The number of aliphatic carboxylic acids is 1. The number of aryl methyl sites for hydroxylation is 2. The van der Waals surface area contributed by atoms with Crippen molar-refractivity contribution in [1.29, 1.82) is 0 Å².